The fraction of sp³-hybridized carbons (Fsp3) is 0.417. The SMILES string of the molecule is O=C(OCc1ccc(F)cc1)[C@@H]1CCCS1. The lowest BCUT2D eigenvalue weighted by Gasteiger charge is -2.08. The Hall–Kier alpha value is -1.03. The molecule has 0 spiro atoms. The van der Waals surface area contributed by atoms with Crippen LogP contribution in [-0.2, 0) is 16.1 Å². The van der Waals surface area contributed by atoms with E-state index in [1.807, 2.05) is 0 Å². The average Bonchev–Trinajstić information content (AvgIpc) is 2.81. The van der Waals surface area contributed by atoms with E-state index in [1.54, 1.807) is 23.9 Å². The zero-order chi connectivity index (χ0) is 11.4. The van der Waals surface area contributed by atoms with Gasteiger partial charge in [-0.1, -0.05) is 12.1 Å². The molecule has 1 aromatic carbocycles. The topological polar surface area (TPSA) is 26.3 Å². The molecule has 1 heterocycles. The molecule has 1 saturated heterocycles. The van der Waals surface area contributed by atoms with Gasteiger partial charge in [0, 0.05) is 0 Å². The van der Waals surface area contributed by atoms with Crippen molar-refractivity contribution in [3.63, 3.8) is 0 Å². The normalized spacial score (nSPS) is 19.7. The Morgan fingerprint density at radius 1 is 1.44 bits per heavy atom. The van der Waals surface area contributed by atoms with Crippen LogP contribution < -0.4 is 0 Å². The number of hydrogen-bond acceptors (Lipinski definition) is 3. The van der Waals surface area contributed by atoms with Crippen molar-refractivity contribution in [1.82, 2.24) is 0 Å². The lowest BCUT2D eigenvalue weighted by molar-refractivity contribution is -0.144. The number of ether oxygens (including phenoxy) is 1. The number of carbonyl (C=O) groups is 1. The third kappa shape index (κ3) is 2.98. The second kappa shape index (κ2) is 5.34. The van der Waals surface area contributed by atoms with Crippen molar-refractivity contribution >= 4 is 17.7 Å². The second-order valence-corrected chi connectivity index (χ2v) is 5.05. The van der Waals surface area contributed by atoms with Gasteiger partial charge in [-0.3, -0.25) is 4.79 Å². The summed E-state index contributed by atoms with van der Waals surface area (Å²) in [7, 11) is 0. The standard InChI is InChI=1S/C12H13FO2S/c13-10-5-3-9(4-6-10)8-15-12(14)11-2-1-7-16-11/h3-6,11H,1-2,7-8H2/t11-/m0/s1. The molecule has 86 valence electrons. The van der Waals surface area contributed by atoms with E-state index in [9.17, 15) is 9.18 Å². The minimum Gasteiger partial charge on any atom is -0.460 e. The molecule has 0 aliphatic carbocycles. The smallest absolute Gasteiger partial charge is 0.319 e. The highest BCUT2D eigenvalue weighted by atomic mass is 32.2. The molecule has 1 atom stereocenters. The third-order valence-corrected chi connectivity index (χ3v) is 3.84. The van der Waals surface area contributed by atoms with Gasteiger partial charge in [0.2, 0.25) is 0 Å². The molecule has 4 heteroatoms. The van der Waals surface area contributed by atoms with Gasteiger partial charge in [0.15, 0.2) is 0 Å². The fourth-order valence-corrected chi connectivity index (χ4v) is 2.75. The average molecular weight is 240 g/mol. The molecule has 1 aliphatic heterocycles. The molecule has 16 heavy (non-hydrogen) atoms. The Balaban J connectivity index is 1.82. The molecule has 0 saturated carbocycles. The first-order valence-corrected chi connectivity index (χ1v) is 6.33. The lowest BCUT2D eigenvalue weighted by Crippen LogP contribution is -2.17. The summed E-state index contributed by atoms with van der Waals surface area (Å²) in [5, 5.41) is 0.000415. The molecule has 1 aliphatic rings. The maximum absolute atomic E-state index is 12.6. The van der Waals surface area contributed by atoms with Crippen molar-refractivity contribution in [2.75, 3.05) is 5.75 Å². The van der Waals surface area contributed by atoms with Crippen LogP contribution in [0.5, 0.6) is 0 Å². The van der Waals surface area contributed by atoms with Gasteiger partial charge in [-0.25, -0.2) is 4.39 Å². The lowest BCUT2D eigenvalue weighted by atomic mass is 10.2. The van der Waals surface area contributed by atoms with E-state index in [0.717, 1.165) is 24.2 Å². The summed E-state index contributed by atoms with van der Waals surface area (Å²) in [6.45, 7) is 0.232. The highest BCUT2D eigenvalue weighted by molar-refractivity contribution is 8.00. The van der Waals surface area contributed by atoms with Crippen LogP contribution in [0.4, 0.5) is 4.39 Å². The molecular formula is C12H13FO2S. The predicted molar refractivity (Wildman–Crippen MR) is 61.7 cm³/mol. The molecule has 1 aromatic rings. The van der Waals surface area contributed by atoms with Gasteiger partial charge in [0.1, 0.15) is 17.7 Å². The van der Waals surface area contributed by atoms with Gasteiger partial charge in [-0.2, -0.15) is 0 Å². The molecule has 0 radical (unpaired) electrons. The van der Waals surface area contributed by atoms with Gasteiger partial charge in [0.05, 0.1) is 0 Å². The maximum atomic E-state index is 12.6. The van der Waals surface area contributed by atoms with Crippen molar-refractivity contribution in [1.29, 1.82) is 0 Å². The molecule has 0 amide bonds. The molecule has 0 N–H and O–H groups in total. The number of thioether (sulfide) groups is 1. The summed E-state index contributed by atoms with van der Waals surface area (Å²) in [6, 6.07) is 6.00. The van der Waals surface area contributed by atoms with Gasteiger partial charge < -0.3 is 4.74 Å². The molecule has 2 rings (SSSR count). The summed E-state index contributed by atoms with van der Waals surface area (Å²) < 4.78 is 17.8. The molecule has 0 bridgehead atoms. The van der Waals surface area contributed by atoms with Crippen molar-refractivity contribution in [2.45, 2.75) is 24.7 Å². The van der Waals surface area contributed by atoms with Gasteiger partial charge in [-0.15, -0.1) is 11.8 Å². The van der Waals surface area contributed by atoms with Crippen molar-refractivity contribution < 1.29 is 13.9 Å². The van der Waals surface area contributed by atoms with Crippen LogP contribution >= 0.6 is 11.8 Å². The molecular weight excluding hydrogens is 227 g/mol. The summed E-state index contributed by atoms with van der Waals surface area (Å²) in [5.41, 5.74) is 0.817. The Labute approximate surface area is 98.2 Å². The molecule has 1 fully saturated rings. The van der Waals surface area contributed by atoms with Crippen LogP contribution in [0.3, 0.4) is 0 Å². The minimum absolute atomic E-state index is 0.000415. The largest absolute Gasteiger partial charge is 0.460 e. The van der Waals surface area contributed by atoms with Crippen LogP contribution in [0.15, 0.2) is 24.3 Å². The van der Waals surface area contributed by atoms with Gasteiger partial charge in [-0.05, 0) is 36.3 Å². The van der Waals surface area contributed by atoms with E-state index in [2.05, 4.69) is 0 Å². The number of benzene rings is 1. The van der Waals surface area contributed by atoms with E-state index in [4.69, 9.17) is 4.74 Å². The van der Waals surface area contributed by atoms with E-state index in [1.165, 1.54) is 12.1 Å². The van der Waals surface area contributed by atoms with E-state index < -0.39 is 0 Å². The first-order valence-electron chi connectivity index (χ1n) is 5.28. The van der Waals surface area contributed by atoms with Crippen LogP contribution in [-0.4, -0.2) is 17.0 Å². The monoisotopic (exact) mass is 240 g/mol. The van der Waals surface area contributed by atoms with Crippen LogP contribution in [0.1, 0.15) is 18.4 Å². The Kier molecular flexibility index (Phi) is 3.83. The van der Waals surface area contributed by atoms with Crippen molar-refractivity contribution in [3.05, 3.63) is 35.6 Å². The Morgan fingerprint density at radius 2 is 2.19 bits per heavy atom. The van der Waals surface area contributed by atoms with Crippen LogP contribution in [0, 0.1) is 5.82 Å². The highest BCUT2D eigenvalue weighted by Gasteiger charge is 2.24. The number of esters is 1. The number of carbonyl (C=O) groups excluding carboxylic acids is 1. The number of rotatable bonds is 3. The first kappa shape index (κ1) is 11.5. The zero-order valence-corrected chi connectivity index (χ0v) is 9.63. The molecule has 0 aromatic heterocycles. The van der Waals surface area contributed by atoms with E-state index in [0.29, 0.717) is 0 Å². The highest BCUT2D eigenvalue weighted by Crippen LogP contribution is 2.27. The maximum Gasteiger partial charge on any atom is 0.319 e. The summed E-state index contributed by atoms with van der Waals surface area (Å²) in [5.74, 6) is 0.615. The first-order chi connectivity index (χ1) is 7.75. The van der Waals surface area contributed by atoms with Crippen LogP contribution in [0.25, 0.3) is 0 Å². The number of halogens is 1. The summed E-state index contributed by atoms with van der Waals surface area (Å²) >= 11 is 1.65. The minimum atomic E-state index is -0.276. The van der Waals surface area contributed by atoms with E-state index >= 15 is 0 Å². The molecule has 2 nitrogen and oxygen atoms in total. The summed E-state index contributed by atoms with van der Waals surface area (Å²) in [6.07, 6.45) is 1.99. The van der Waals surface area contributed by atoms with Crippen LogP contribution in [0.2, 0.25) is 0 Å². The van der Waals surface area contributed by atoms with Crippen molar-refractivity contribution in [2.24, 2.45) is 0 Å². The van der Waals surface area contributed by atoms with Crippen molar-refractivity contribution in [3.8, 4) is 0 Å². The summed E-state index contributed by atoms with van der Waals surface area (Å²) in [4.78, 5) is 11.6. The Morgan fingerprint density at radius 3 is 2.81 bits per heavy atom. The second-order valence-electron chi connectivity index (χ2n) is 3.74. The van der Waals surface area contributed by atoms with Gasteiger partial charge >= 0.3 is 5.97 Å². The third-order valence-electron chi connectivity index (χ3n) is 2.49. The fourth-order valence-electron chi connectivity index (χ4n) is 1.59. The van der Waals surface area contributed by atoms with E-state index in [-0.39, 0.29) is 23.6 Å². The Bertz CT molecular complexity index is 358. The zero-order valence-electron chi connectivity index (χ0n) is 8.82. The number of hydrogen-bond donors (Lipinski definition) is 0. The van der Waals surface area contributed by atoms with Gasteiger partial charge in [0.25, 0.3) is 0 Å². The predicted octanol–water partition coefficient (Wildman–Crippen LogP) is 2.76. The molecule has 0 unspecified atom stereocenters. The quantitative estimate of drug-likeness (QED) is 0.760.